The van der Waals surface area contributed by atoms with Crippen LogP contribution in [0.3, 0.4) is 0 Å². The van der Waals surface area contributed by atoms with Crippen molar-refractivity contribution < 1.29 is 18.4 Å². The number of carbonyl (C=O) groups excluding carboxylic acids is 1. The van der Waals surface area contributed by atoms with Crippen LogP contribution in [0.4, 0.5) is 8.78 Å². The smallest absolute Gasteiger partial charge is 0.355 e. The minimum absolute atomic E-state index is 0. The lowest BCUT2D eigenvalue weighted by Gasteiger charge is -2.00. The van der Waals surface area contributed by atoms with Crippen LogP contribution in [0.2, 0.25) is 0 Å². The summed E-state index contributed by atoms with van der Waals surface area (Å²) < 4.78 is 25.8. The molecule has 1 aromatic rings. The Morgan fingerprint density at radius 3 is 2.72 bits per heavy atom. The van der Waals surface area contributed by atoms with E-state index in [9.17, 15) is 13.6 Å². The summed E-state index contributed by atoms with van der Waals surface area (Å²) in [5.41, 5.74) is 6.56. The molecule has 0 aromatic heterocycles. The monoisotopic (exact) mass is 277 g/mol. The van der Waals surface area contributed by atoms with E-state index >= 15 is 0 Å². The number of nitrogens with one attached hydrogen (secondary N) is 2. The van der Waals surface area contributed by atoms with Crippen LogP contribution in [0.15, 0.2) is 24.3 Å². The second-order valence-corrected chi connectivity index (χ2v) is 2.94. The molecule has 0 atom stereocenters. The van der Waals surface area contributed by atoms with Gasteiger partial charge in [0.1, 0.15) is 11.6 Å². The normalized spacial score (nSPS) is 9.67. The largest absolute Gasteiger partial charge is 0.368 e. The number of guanidine groups is 1. The third-order valence-corrected chi connectivity index (χ3v) is 1.62. The molecule has 0 fully saturated rings. The van der Waals surface area contributed by atoms with Gasteiger partial charge in [0.2, 0.25) is 5.96 Å². The number of hydrogen-bond acceptors (Lipinski definition) is 3. The van der Waals surface area contributed by atoms with Crippen LogP contribution in [0.5, 0.6) is 0 Å². The maximum Gasteiger partial charge on any atom is 0.355 e. The zero-order valence-electron chi connectivity index (χ0n) is 8.94. The highest BCUT2D eigenvalue weighted by molar-refractivity contribution is 5.88. The first-order valence-corrected chi connectivity index (χ1v) is 4.43. The number of carbonyl (C=O) groups is 1. The second kappa shape index (κ2) is 7.23. The molecule has 0 aliphatic heterocycles. The minimum Gasteiger partial charge on any atom is -0.368 e. The quantitative estimate of drug-likeness (QED) is 0.329. The molecule has 5 nitrogen and oxygen atoms in total. The highest BCUT2D eigenvalue weighted by atomic mass is 35.5. The van der Waals surface area contributed by atoms with Crippen molar-refractivity contribution in [3.05, 3.63) is 41.5 Å². The molecule has 18 heavy (non-hydrogen) atoms. The fourth-order valence-corrected chi connectivity index (χ4v) is 0.939. The van der Waals surface area contributed by atoms with Crippen LogP contribution in [0.25, 0.3) is 6.08 Å². The Bertz CT molecular complexity index is 480. The number of halogens is 3. The van der Waals surface area contributed by atoms with Gasteiger partial charge in [0.15, 0.2) is 0 Å². The summed E-state index contributed by atoms with van der Waals surface area (Å²) in [6.45, 7) is 0. The molecule has 0 unspecified atom stereocenters. The van der Waals surface area contributed by atoms with Crippen LogP contribution in [-0.2, 0) is 9.63 Å². The van der Waals surface area contributed by atoms with Crippen molar-refractivity contribution in [3.8, 4) is 0 Å². The molecule has 0 spiro atoms. The van der Waals surface area contributed by atoms with E-state index < -0.39 is 23.6 Å². The fourth-order valence-electron chi connectivity index (χ4n) is 0.939. The summed E-state index contributed by atoms with van der Waals surface area (Å²) in [7, 11) is 0. The number of hydrogen-bond donors (Lipinski definition) is 3. The van der Waals surface area contributed by atoms with E-state index in [4.69, 9.17) is 11.1 Å². The van der Waals surface area contributed by atoms with E-state index in [1.165, 1.54) is 0 Å². The standard InChI is InChI=1S/C10H9F2N3O2.ClH/c11-7-2-3-8(12)6(5-7)1-4-9(16)17-15-10(13)14;/h1-5H,(H4,13,14,15);1H/b4-1+;. The molecule has 0 aliphatic carbocycles. The lowest BCUT2D eigenvalue weighted by atomic mass is 10.2. The summed E-state index contributed by atoms with van der Waals surface area (Å²) in [6.07, 6.45) is 1.91. The summed E-state index contributed by atoms with van der Waals surface area (Å²) in [4.78, 5) is 15.2. The predicted molar refractivity (Wildman–Crippen MR) is 63.8 cm³/mol. The first-order chi connectivity index (χ1) is 7.99. The Labute approximate surface area is 107 Å². The highest BCUT2D eigenvalue weighted by Gasteiger charge is 2.02. The number of nitrogens with two attached hydrogens (primary N) is 1. The minimum atomic E-state index is -0.899. The van der Waals surface area contributed by atoms with Gasteiger partial charge in [-0.25, -0.2) is 13.6 Å². The van der Waals surface area contributed by atoms with Crippen molar-refractivity contribution in [3.63, 3.8) is 0 Å². The van der Waals surface area contributed by atoms with Gasteiger partial charge in [0, 0.05) is 11.6 Å². The zero-order chi connectivity index (χ0) is 12.8. The van der Waals surface area contributed by atoms with Crippen molar-refractivity contribution in [1.29, 1.82) is 5.41 Å². The molecule has 0 radical (unpaired) electrons. The Kier molecular flexibility index (Phi) is 6.37. The molecule has 0 saturated carbocycles. The molecule has 1 aromatic carbocycles. The molecule has 0 bridgehead atoms. The van der Waals surface area contributed by atoms with E-state index in [0.717, 1.165) is 30.4 Å². The van der Waals surface area contributed by atoms with Gasteiger partial charge in [-0.05, 0) is 24.3 Å². The number of hydroxylamine groups is 1. The number of rotatable bonds is 2. The van der Waals surface area contributed by atoms with Gasteiger partial charge < -0.3 is 10.6 Å². The van der Waals surface area contributed by atoms with Gasteiger partial charge >= 0.3 is 5.97 Å². The van der Waals surface area contributed by atoms with Crippen molar-refractivity contribution in [2.45, 2.75) is 0 Å². The van der Waals surface area contributed by atoms with E-state index in [1.807, 2.05) is 0 Å². The van der Waals surface area contributed by atoms with E-state index in [-0.39, 0.29) is 18.0 Å². The predicted octanol–water partition coefficient (Wildman–Crippen LogP) is 1.34. The van der Waals surface area contributed by atoms with E-state index in [2.05, 4.69) is 4.84 Å². The molecular weight excluding hydrogens is 268 g/mol. The molecule has 0 heterocycles. The summed E-state index contributed by atoms with van der Waals surface area (Å²) in [6, 6.07) is 2.83. The van der Waals surface area contributed by atoms with Gasteiger partial charge in [0.25, 0.3) is 0 Å². The van der Waals surface area contributed by atoms with E-state index in [0.29, 0.717) is 0 Å². The maximum atomic E-state index is 13.1. The molecular formula is C10H10ClF2N3O2. The maximum absolute atomic E-state index is 13.1. The first kappa shape index (κ1) is 15.9. The molecule has 4 N–H and O–H groups in total. The van der Waals surface area contributed by atoms with Crippen molar-refractivity contribution >= 4 is 30.4 Å². The summed E-state index contributed by atoms with van der Waals surface area (Å²) in [5.74, 6) is -2.75. The topological polar surface area (TPSA) is 88.2 Å². The SMILES string of the molecule is Cl.N=C(N)NOC(=O)/C=C/c1cc(F)ccc1F. The van der Waals surface area contributed by atoms with Crippen molar-refractivity contribution in [2.75, 3.05) is 0 Å². The van der Waals surface area contributed by atoms with Gasteiger partial charge in [0.05, 0.1) is 0 Å². The average Bonchev–Trinajstić information content (AvgIpc) is 2.27. The molecule has 8 heteroatoms. The van der Waals surface area contributed by atoms with E-state index in [1.54, 1.807) is 5.48 Å². The van der Waals surface area contributed by atoms with Crippen LogP contribution in [0, 0.1) is 17.0 Å². The van der Waals surface area contributed by atoms with Crippen LogP contribution < -0.4 is 11.2 Å². The average molecular weight is 278 g/mol. The lowest BCUT2D eigenvalue weighted by Crippen LogP contribution is -2.32. The molecule has 98 valence electrons. The molecule has 0 amide bonds. The molecule has 0 saturated heterocycles. The zero-order valence-corrected chi connectivity index (χ0v) is 9.76. The fraction of sp³-hybridized carbons (Fsp3) is 0. The van der Waals surface area contributed by atoms with Gasteiger partial charge in [-0.3, -0.25) is 5.41 Å². The first-order valence-electron chi connectivity index (χ1n) is 4.43. The third kappa shape index (κ3) is 5.26. The third-order valence-electron chi connectivity index (χ3n) is 1.62. The van der Waals surface area contributed by atoms with Gasteiger partial charge in [-0.1, -0.05) is 0 Å². The van der Waals surface area contributed by atoms with Crippen LogP contribution in [0.1, 0.15) is 5.56 Å². The van der Waals surface area contributed by atoms with Crippen molar-refractivity contribution in [1.82, 2.24) is 5.48 Å². The Hall–Kier alpha value is -2.15. The lowest BCUT2D eigenvalue weighted by molar-refractivity contribution is -0.141. The van der Waals surface area contributed by atoms with Crippen LogP contribution >= 0.6 is 12.4 Å². The second-order valence-electron chi connectivity index (χ2n) is 2.94. The van der Waals surface area contributed by atoms with Crippen LogP contribution in [-0.4, -0.2) is 11.9 Å². The number of benzene rings is 1. The Balaban J connectivity index is 0.00000289. The van der Waals surface area contributed by atoms with Gasteiger partial charge in [-0.2, -0.15) is 5.48 Å². The Morgan fingerprint density at radius 1 is 1.44 bits per heavy atom. The Morgan fingerprint density at radius 2 is 2.11 bits per heavy atom. The molecule has 1 rings (SSSR count). The summed E-state index contributed by atoms with van der Waals surface area (Å²) in [5, 5.41) is 6.70. The highest BCUT2D eigenvalue weighted by Crippen LogP contribution is 2.11. The van der Waals surface area contributed by atoms with Crippen molar-refractivity contribution in [2.24, 2.45) is 5.73 Å². The molecule has 0 aliphatic rings. The van der Waals surface area contributed by atoms with Gasteiger partial charge in [-0.15, -0.1) is 12.4 Å². The summed E-state index contributed by atoms with van der Waals surface area (Å²) >= 11 is 0.